The Kier molecular flexibility index (Phi) is 1.83. The Morgan fingerprint density at radius 1 is 1.75 bits per heavy atom. The van der Waals surface area contributed by atoms with Gasteiger partial charge in [-0.15, -0.1) is 0 Å². The van der Waals surface area contributed by atoms with Crippen molar-refractivity contribution >= 4 is 6.47 Å². The molecule has 2 aliphatic rings. The van der Waals surface area contributed by atoms with E-state index in [-0.39, 0.29) is 5.60 Å². The first kappa shape index (κ1) is 8.05. The summed E-state index contributed by atoms with van der Waals surface area (Å²) in [6.07, 6.45) is 3.74. The molecule has 3 heteroatoms. The third-order valence-corrected chi connectivity index (χ3v) is 3.03. The average Bonchev–Trinajstić information content (AvgIpc) is 2.72. The van der Waals surface area contributed by atoms with Crippen molar-refractivity contribution in [2.45, 2.75) is 37.9 Å². The minimum atomic E-state index is 0.178. The topological polar surface area (TPSA) is 38.8 Å². The van der Waals surface area contributed by atoms with Gasteiger partial charge >= 0.3 is 0 Å². The molecular formula is C9H14O3. The van der Waals surface area contributed by atoms with Gasteiger partial charge in [-0.05, 0) is 32.1 Å². The van der Waals surface area contributed by atoms with Crippen LogP contribution in [0.15, 0.2) is 0 Å². The molecule has 0 N–H and O–H groups in total. The van der Waals surface area contributed by atoms with Gasteiger partial charge in [0.05, 0.1) is 18.3 Å². The Balaban J connectivity index is 1.78. The first-order chi connectivity index (χ1) is 5.74. The van der Waals surface area contributed by atoms with Gasteiger partial charge in [0.2, 0.25) is 0 Å². The molecule has 1 aliphatic carbocycles. The van der Waals surface area contributed by atoms with Gasteiger partial charge in [0.1, 0.15) is 0 Å². The van der Waals surface area contributed by atoms with E-state index in [1.54, 1.807) is 0 Å². The fourth-order valence-corrected chi connectivity index (χ4v) is 2.05. The van der Waals surface area contributed by atoms with Crippen molar-refractivity contribution in [1.82, 2.24) is 0 Å². The van der Waals surface area contributed by atoms with E-state index in [0.29, 0.717) is 25.1 Å². The van der Waals surface area contributed by atoms with Crippen LogP contribution in [0.25, 0.3) is 0 Å². The Hall–Kier alpha value is -0.570. The number of ether oxygens (including phenoxy) is 2. The Bertz CT molecular complexity index is 192. The van der Waals surface area contributed by atoms with Crippen LogP contribution >= 0.6 is 0 Å². The number of fused-ring (bicyclic) bond motifs is 1. The van der Waals surface area contributed by atoms with Gasteiger partial charge in [-0.3, -0.25) is 4.79 Å². The Morgan fingerprint density at radius 3 is 3.25 bits per heavy atom. The zero-order valence-corrected chi connectivity index (χ0v) is 7.29. The molecule has 3 unspecified atom stereocenters. The molecule has 2 rings (SSSR count). The number of epoxide rings is 1. The smallest absolute Gasteiger partial charge is 0.293 e. The molecule has 1 heterocycles. The summed E-state index contributed by atoms with van der Waals surface area (Å²) in [7, 11) is 0. The lowest BCUT2D eigenvalue weighted by molar-refractivity contribution is -0.130. The lowest BCUT2D eigenvalue weighted by atomic mass is 9.83. The SMILES string of the molecule is CC12CCC(COC=O)CC1O2. The molecule has 0 radical (unpaired) electrons. The van der Waals surface area contributed by atoms with Gasteiger partial charge in [-0.1, -0.05) is 0 Å². The van der Waals surface area contributed by atoms with Gasteiger partial charge in [0.15, 0.2) is 0 Å². The summed E-state index contributed by atoms with van der Waals surface area (Å²) in [4.78, 5) is 9.95. The van der Waals surface area contributed by atoms with Crippen LogP contribution in [-0.2, 0) is 14.3 Å². The number of hydrogen-bond donors (Lipinski definition) is 0. The predicted molar refractivity (Wildman–Crippen MR) is 42.6 cm³/mol. The molecule has 1 saturated carbocycles. The zero-order valence-electron chi connectivity index (χ0n) is 7.29. The maximum absolute atomic E-state index is 9.95. The molecule has 0 bridgehead atoms. The van der Waals surface area contributed by atoms with Crippen LogP contribution in [-0.4, -0.2) is 24.8 Å². The minimum Gasteiger partial charge on any atom is -0.468 e. The second-order valence-electron chi connectivity index (χ2n) is 3.99. The third-order valence-electron chi connectivity index (χ3n) is 3.03. The summed E-state index contributed by atoms with van der Waals surface area (Å²) in [6.45, 7) is 3.26. The number of hydrogen-bond acceptors (Lipinski definition) is 3. The van der Waals surface area contributed by atoms with Gasteiger partial charge in [0, 0.05) is 0 Å². The molecular weight excluding hydrogens is 156 g/mol. The fourth-order valence-electron chi connectivity index (χ4n) is 2.05. The van der Waals surface area contributed by atoms with E-state index in [2.05, 4.69) is 6.92 Å². The highest BCUT2D eigenvalue weighted by atomic mass is 16.6. The summed E-state index contributed by atoms with van der Waals surface area (Å²) >= 11 is 0. The van der Waals surface area contributed by atoms with Gasteiger partial charge < -0.3 is 9.47 Å². The second kappa shape index (κ2) is 2.73. The lowest BCUT2D eigenvalue weighted by Gasteiger charge is -2.20. The van der Waals surface area contributed by atoms with Crippen molar-refractivity contribution < 1.29 is 14.3 Å². The summed E-state index contributed by atoms with van der Waals surface area (Å²) in [5.74, 6) is 0.524. The van der Waals surface area contributed by atoms with Crippen LogP contribution in [0.3, 0.4) is 0 Å². The second-order valence-corrected chi connectivity index (χ2v) is 3.99. The van der Waals surface area contributed by atoms with E-state index < -0.39 is 0 Å². The van der Waals surface area contributed by atoms with Crippen molar-refractivity contribution in [3.8, 4) is 0 Å². The van der Waals surface area contributed by atoms with Crippen LogP contribution in [0.2, 0.25) is 0 Å². The molecule has 12 heavy (non-hydrogen) atoms. The molecule has 0 amide bonds. The molecule has 3 nitrogen and oxygen atoms in total. The Morgan fingerprint density at radius 2 is 2.58 bits per heavy atom. The van der Waals surface area contributed by atoms with Gasteiger partial charge in [-0.25, -0.2) is 0 Å². The molecule has 0 aromatic heterocycles. The van der Waals surface area contributed by atoms with Crippen molar-refractivity contribution in [2.75, 3.05) is 6.61 Å². The van der Waals surface area contributed by atoms with Crippen molar-refractivity contribution in [3.63, 3.8) is 0 Å². The molecule has 3 atom stereocenters. The molecule has 1 aliphatic heterocycles. The first-order valence-corrected chi connectivity index (χ1v) is 4.48. The highest BCUT2D eigenvalue weighted by Crippen LogP contribution is 2.49. The highest BCUT2D eigenvalue weighted by molar-refractivity contribution is 5.36. The van der Waals surface area contributed by atoms with Crippen LogP contribution in [0.4, 0.5) is 0 Å². The van der Waals surface area contributed by atoms with E-state index in [9.17, 15) is 4.79 Å². The van der Waals surface area contributed by atoms with E-state index in [0.717, 1.165) is 19.3 Å². The quantitative estimate of drug-likeness (QED) is 0.470. The van der Waals surface area contributed by atoms with Gasteiger partial charge in [-0.2, -0.15) is 0 Å². The van der Waals surface area contributed by atoms with E-state index >= 15 is 0 Å². The third kappa shape index (κ3) is 1.33. The summed E-state index contributed by atoms with van der Waals surface area (Å²) in [5, 5.41) is 0. The molecule has 68 valence electrons. The standard InChI is InChI=1S/C9H14O3/c1-9-3-2-7(5-11-6-10)4-8(9)12-9/h6-8H,2-5H2,1H3. The van der Waals surface area contributed by atoms with Crippen LogP contribution in [0.1, 0.15) is 26.2 Å². The van der Waals surface area contributed by atoms with Gasteiger partial charge in [0.25, 0.3) is 6.47 Å². The average molecular weight is 170 g/mol. The molecule has 2 fully saturated rings. The van der Waals surface area contributed by atoms with E-state index in [1.165, 1.54) is 0 Å². The van der Waals surface area contributed by atoms with Crippen molar-refractivity contribution in [2.24, 2.45) is 5.92 Å². The lowest BCUT2D eigenvalue weighted by Crippen LogP contribution is -2.23. The number of rotatable bonds is 3. The zero-order chi connectivity index (χ0) is 8.60. The van der Waals surface area contributed by atoms with E-state index in [4.69, 9.17) is 9.47 Å². The maximum Gasteiger partial charge on any atom is 0.293 e. The first-order valence-electron chi connectivity index (χ1n) is 4.48. The highest BCUT2D eigenvalue weighted by Gasteiger charge is 2.55. The summed E-state index contributed by atoms with van der Waals surface area (Å²) < 4.78 is 10.3. The largest absolute Gasteiger partial charge is 0.468 e. The predicted octanol–water partition coefficient (Wildman–Crippen LogP) is 1.12. The molecule has 0 aromatic carbocycles. The molecule has 1 saturated heterocycles. The van der Waals surface area contributed by atoms with Crippen LogP contribution in [0.5, 0.6) is 0 Å². The number of carbonyl (C=O) groups excluding carboxylic acids is 1. The van der Waals surface area contributed by atoms with E-state index in [1.807, 2.05) is 0 Å². The maximum atomic E-state index is 9.95. The molecule has 0 aromatic rings. The summed E-state index contributed by atoms with van der Waals surface area (Å²) in [5.41, 5.74) is 0.178. The van der Waals surface area contributed by atoms with Crippen LogP contribution in [0, 0.1) is 5.92 Å². The van der Waals surface area contributed by atoms with Crippen molar-refractivity contribution in [1.29, 1.82) is 0 Å². The number of carbonyl (C=O) groups is 1. The normalized spacial score (nSPS) is 44.8. The molecule has 0 spiro atoms. The monoisotopic (exact) mass is 170 g/mol. The van der Waals surface area contributed by atoms with Crippen LogP contribution < -0.4 is 0 Å². The fraction of sp³-hybridized carbons (Fsp3) is 0.889. The summed E-state index contributed by atoms with van der Waals surface area (Å²) in [6, 6.07) is 0. The Labute approximate surface area is 72.0 Å². The van der Waals surface area contributed by atoms with Crippen molar-refractivity contribution in [3.05, 3.63) is 0 Å². The minimum absolute atomic E-state index is 0.178.